The molecule has 0 aromatic rings. The molecule has 0 radical (unpaired) electrons. The predicted molar refractivity (Wildman–Crippen MR) is 74.1 cm³/mol. The quantitative estimate of drug-likeness (QED) is 0.576. The Balaban J connectivity index is 2.10. The molecule has 4 heteroatoms. The van der Waals surface area contributed by atoms with E-state index in [1.807, 2.05) is 0 Å². The molecule has 0 N–H and O–H groups in total. The largest absolute Gasteiger partial charge is 0.463 e. The normalized spacial score (nSPS) is 32.4. The molecule has 2 rings (SSSR count). The number of carbonyl (C=O) groups is 3. The van der Waals surface area contributed by atoms with Crippen LogP contribution >= 0.6 is 0 Å². The van der Waals surface area contributed by atoms with Crippen LogP contribution in [-0.2, 0) is 19.1 Å². The molecule has 112 valence electrons. The van der Waals surface area contributed by atoms with Gasteiger partial charge in [-0.1, -0.05) is 12.8 Å². The second kappa shape index (κ2) is 7.00. The van der Waals surface area contributed by atoms with Gasteiger partial charge in [-0.25, -0.2) is 0 Å². The molecule has 3 unspecified atom stereocenters. The van der Waals surface area contributed by atoms with Gasteiger partial charge in [-0.15, -0.1) is 0 Å². The average Bonchev–Trinajstić information content (AvgIpc) is 2.68. The Bertz CT molecular complexity index is 388. The Hall–Kier alpha value is -1.19. The van der Waals surface area contributed by atoms with Crippen molar-refractivity contribution in [1.82, 2.24) is 0 Å². The zero-order chi connectivity index (χ0) is 14.5. The van der Waals surface area contributed by atoms with Crippen molar-refractivity contribution in [3.05, 3.63) is 0 Å². The van der Waals surface area contributed by atoms with Crippen LogP contribution in [-0.4, -0.2) is 23.6 Å². The Morgan fingerprint density at radius 1 is 0.950 bits per heavy atom. The van der Waals surface area contributed by atoms with Crippen LogP contribution in [0.4, 0.5) is 0 Å². The van der Waals surface area contributed by atoms with E-state index in [2.05, 4.69) is 0 Å². The maximum atomic E-state index is 12.3. The highest BCUT2D eigenvalue weighted by atomic mass is 16.5. The fraction of sp³-hybridized carbons (Fsp3) is 0.812. The summed E-state index contributed by atoms with van der Waals surface area (Å²) in [7, 11) is 0. The van der Waals surface area contributed by atoms with Gasteiger partial charge >= 0.3 is 5.97 Å². The van der Waals surface area contributed by atoms with Crippen molar-refractivity contribution in [2.24, 2.45) is 11.8 Å². The van der Waals surface area contributed by atoms with Crippen molar-refractivity contribution < 1.29 is 19.1 Å². The highest BCUT2D eigenvalue weighted by Crippen LogP contribution is 2.34. The first kappa shape index (κ1) is 15.2. The van der Waals surface area contributed by atoms with E-state index in [0.29, 0.717) is 19.3 Å². The van der Waals surface area contributed by atoms with Crippen molar-refractivity contribution in [2.45, 2.75) is 70.8 Å². The highest BCUT2D eigenvalue weighted by molar-refractivity contribution is 5.90. The maximum Gasteiger partial charge on any atom is 0.302 e. The van der Waals surface area contributed by atoms with Crippen LogP contribution in [0, 0.1) is 11.8 Å². The van der Waals surface area contributed by atoms with Gasteiger partial charge in [0, 0.05) is 31.6 Å². The lowest BCUT2D eigenvalue weighted by atomic mass is 9.79. The van der Waals surface area contributed by atoms with Crippen molar-refractivity contribution in [3.8, 4) is 0 Å². The van der Waals surface area contributed by atoms with E-state index in [1.165, 1.54) is 6.92 Å². The molecule has 20 heavy (non-hydrogen) atoms. The Morgan fingerprint density at radius 3 is 2.40 bits per heavy atom. The topological polar surface area (TPSA) is 60.4 Å². The molecular formula is C16H24O4. The molecule has 2 aliphatic rings. The Labute approximate surface area is 120 Å². The van der Waals surface area contributed by atoms with E-state index in [-0.39, 0.29) is 35.5 Å². The van der Waals surface area contributed by atoms with Crippen molar-refractivity contribution in [3.63, 3.8) is 0 Å². The molecule has 0 spiro atoms. The molecule has 0 aromatic carbocycles. The van der Waals surface area contributed by atoms with Gasteiger partial charge in [-0.05, 0) is 32.1 Å². The van der Waals surface area contributed by atoms with Crippen molar-refractivity contribution in [1.29, 1.82) is 0 Å². The van der Waals surface area contributed by atoms with Gasteiger partial charge in [-0.2, -0.15) is 0 Å². The molecule has 4 nitrogen and oxygen atoms in total. The van der Waals surface area contributed by atoms with Crippen molar-refractivity contribution in [2.75, 3.05) is 0 Å². The number of rotatable bonds is 2. The monoisotopic (exact) mass is 280 g/mol. The van der Waals surface area contributed by atoms with Gasteiger partial charge in [0.25, 0.3) is 0 Å². The summed E-state index contributed by atoms with van der Waals surface area (Å²) < 4.78 is 5.30. The Kier molecular flexibility index (Phi) is 5.32. The lowest BCUT2D eigenvalue weighted by Crippen LogP contribution is -2.31. The summed E-state index contributed by atoms with van der Waals surface area (Å²) >= 11 is 0. The number of hydrogen-bond acceptors (Lipinski definition) is 4. The van der Waals surface area contributed by atoms with E-state index >= 15 is 0 Å². The minimum atomic E-state index is -0.296. The van der Waals surface area contributed by atoms with Crippen LogP contribution < -0.4 is 0 Å². The molecule has 2 saturated carbocycles. The van der Waals surface area contributed by atoms with E-state index in [4.69, 9.17) is 4.74 Å². The van der Waals surface area contributed by atoms with Crippen LogP contribution in [0.2, 0.25) is 0 Å². The van der Waals surface area contributed by atoms with Crippen LogP contribution in [0.1, 0.15) is 64.7 Å². The van der Waals surface area contributed by atoms with Gasteiger partial charge in [0.05, 0.1) is 0 Å². The zero-order valence-electron chi connectivity index (χ0n) is 12.2. The third-order valence-corrected chi connectivity index (χ3v) is 4.55. The maximum absolute atomic E-state index is 12.3. The van der Waals surface area contributed by atoms with Gasteiger partial charge in [0.1, 0.15) is 17.7 Å². The first-order valence-electron chi connectivity index (χ1n) is 7.80. The first-order valence-corrected chi connectivity index (χ1v) is 7.80. The number of Topliss-reactive ketones (excluding diaryl/α,β-unsaturated/α-hetero) is 2. The average molecular weight is 280 g/mol. The Morgan fingerprint density at radius 2 is 1.65 bits per heavy atom. The molecule has 2 aliphatic carbocycles. The second-order valence-corrected chi connectivity index (χ2v) is 6.10. The fourth-order valence-electron chi connectivity index (χ4n) is 3.56. The summed E-state index contributed by atoms with van der Waals surface area (Å²) in [6, 6.07) is 0. The number of esters is 1. The summed E-state index contributed by atoms with van der Waals surface area (Å²) in [6.45, 7) is 1.40. The molecule has 0 bridgehead atoms. The molecule has 0 aromatic heterocycles. The summed E-state index contributed by atoms with van der Waals surface area (Å²) in [6.07, 6.45) is 6.84. The molecule has 0 saturated heterocycles. The van der Waals surface area contributed by atoms with E-state index in [1.54, 1.807) is 0 Å². The second-order valence-electron chi connectivity index (χ2n) is 6.10. The molecular weight excluding hydrogens is 256 g/mol. The minimum absolute atomic E-state index is 0.138. The third kappa shape index (κ3) is 3.90. The lowest BCUT2D eigenvalue weighted by Gasteiger charge is -2.25. The summed E-state index contributed by atoms with van der Waals surface area (Å²) in [5.74, 6) is -0.229. The van der Waals surface area contributed by atoms with Crippen LogP contribution in [0.5, 0.6) is 0 Å². The van der Waals surface area contributed by atoms with Gasteiger partial charge in [0.15, 0.2) is 0 Å². The van der Waals surface area contributed by atoms with Gasteiger partial charge in [-0.3, -0.25) is 14.4 Å². The lowest BCUT2D eigenvalue weighted by molar-refractivity contribution is -0.148. The fourth-order valence-corrected chi connectivity index (χ4v) is 3.56. The van der Waals surface area contributed by atoms with Crippen LogP contribution in [0.3, 0.4) is 0 Å². The van der Waals surface area contributed by atoms with E-state index < -0.39 is 0 Å². The number of ketones is 2. The van der Waals surface area contributed by atoms with E-state index in [0.717, 1.165) is 38.5 Å². The molecule has 2 fully saturated rings. The third-order valence-electron chi connectivity index (χ3n) is 4.55. The molecule has 0 heterocycles. The van der Waals surface area contributed by atoms with Crippen LogP contribution in [0.25, 0.3) is 0 Å². The molecule has 0 amide bonds. The summed E-state index contributed by atoms with van der Waals surface area (Å²) in [5, 5.41) is 0. The standard InChI is InChI=1S/C16H24O4/c1-11(17)20-12-6-5-9-16(19)14(10-12)13-7-3-2-4-8-15(13)18/h12-14H,2-10H2,1H3. The van der Waals surface area contributed by atoms with Crippen molar-refractivity contribution >= 4 is 17.5 Å². The number of hydrogen-bond donors (Lipinski definition) is 0. The van der Waals surface area contributed by atoms with Gasteiger partial charge in [0.2, 0.25) is 0 Å². The minimum Gasteiger partial charge on any atom is -0.463 e. The summed E-state index contributed by atoms with van der Waals surface area (Å²) in [5.41, 5.74) is 0. The zero-order valence-corrected chi connectivity index (χ0v) is 12.2. The van der Waals surface area contributed by atoms with E-state index in [9.17, 15) is 14.4 Å². The molecule has 0 aliphatic heterocycles. The molecule has 3 atom stereocenters. The number of carbonyl (C=O) groups excluding carboxylic acids is 3. The van der Waals surface area contributed by atoms with Gasteiger partial charge < -0.3 is 4.74 Å². The first-order chi connectivity index (χ1) is 9.58. The number of ether oxygens (including phenoxy) is 1. The highest BCUT2D eigenvalue weighted by Gasteiger charge is 2.37. The predicted octanol–water partition coefficient (Wildman–Crippen LogP) is 2.83. The SMILES string of the molecule is CC(=O)OC1CCCC(=O)C(C2CCCCCC2=O)C1. The smallest absolute Gasteiger partial charge is 0.302 e. The van der Waals surface area contributed by atoms with Crippen LogP contribution in [0.15, 0.2) is 0 Å². The summed E-state index contributed by atoms with van der Waals surface area (Å²) in [4.78, 5) is 35.7.